The van der Waals surface area contributed by atoms with Gasteiger partial charge in [0.2, 0.25) is 0 Å². The van der Waals surface area contributed by atoms with E-state index in [1.165, 1.54) is 6.42 Å². The fourth-order valence-electron chi connectivity index (χ4n) is 2.96. The van der Waals surface area contributed by atoms with Gasteiger partial charge in [0.15, 0.2) is 0 Å². The molecule has 1 aliphatic heterocycles. The first-order chi connectivity index (χ1) is 8.58. The molecule has 1 saturated heterocycles. The number of benzene rings is 1. The third-order valence-corrected chi connectivity index (χ3v) is 4.40. The Bertz CT molecular complexity index is 405. The largest absolute Gasteiger partial charge is 0.316 e. The maximum atomic E-state index is 13.7. The van der Waals surface area contributed by atoms with Gasteiger partial charge in [0.05, 0.1) is 4.47 Å². The predicted octanol–water partition coefficient (Wildman–Crippen LogP) is 4.33. The van der Waals surface area contributed by atoms with Crippen molar-refractivity contribution in [1.82, 2.24) is 5.32 Å². The Morgan fingerprint density at radius 3 is 2.89 bits per heavy atom. The number of hydrogen-bond donors (Lipinski definition) is 1. The first-order valence-electron chi connectivity index (χ1n) is 6.73. The highest BCUT2D eigenvalue weighted by Gasteiger charge is 2.27. The van der Waals surface area contributed by atoms with Crippen LogP contribution in [0.2, 0.25) is 0 Å². The van der Waals surface area contributed by atoms with Gasteiger partial charge in [-0.15, -0.1) is 0 Å². The Kier molecular flexibility index (Phi) is 4.79. The third kappa shape index (κ3) is 3.33. The molecule has 3 heteroatoms. The fraction of sp³-hybridized carbons (Fsp3) is 0.600. The number of piperidine rings is 1. The van der Waals surface area contributed by atoms with Crippen molar-refractivity contribution in [2.45, 2.75) is 32.6 Å². The van der Waals surface area contributed by atoms with Crippen LogP contribution in [0.1, 0.15) is 38.2 Å². The standard InChI is InChI=1S/C15H21BrFN/c1-10(2)7-12-9-18-6-5-13(12)11-3-4-14(16)15(17)8-11/h3-4,8,10,12-13,18H,5-7,9H2,1-2H3. The lowest BCUT2D eigenvalue weighted by Gasteiger charge is -2.33. The second kappa shape index (κ2) is 6.16. The maximum Gasteiger partial charge on any atom is 0.137 e. The first-order valence-corrected chi connectivity index (χ1v) is 7.53. The van der Waals surface area contributed by atoms with Crippen LogP contribution >= 0.6 is 15.9 Å². The minimum Gasteiger partial charge on any atom is -0.316 e. The molecule has 0 aromatic heterocycles. The SMILES string of the molecule is CC(C)CC1CNCCC1c1ccc(Br)c(F)c1. The summed E-state index contributed by atoms with van der Waals surface area (Å²) in [6, 6.07) is 5.60. The van der Waals surface area contributed by atoms with E-state index in [2.05, 4.69) is 41.2 Å². The highest BCUT2D eigenvalue weighted by atomic mass is 79.9. The summed E-state index contributed by atoms with van der Waals surface area (Å²) in [5, 5.41) is 3.46. The van der Waals surface area contributed by atoms with E-state index in [1.807, 2.05) is 6.07 Å². The molecule has 100 valence electrons. The van der Waals surface area contributed by atoms with Crippen LogP contribution in [-0.4, -0.2) is 13.1 Å². The molecule has 1 heterocycles. The molecule has 0 amide bonds. The second-order valence-corrected chi connectivity index (χ2v) is 6.52. The van der Waals surface area contributed by atoms with Crippen molar-refractivity contribution >= 4 is 15.9 Å². The predicted molar refractivity (Wildman–Crippen MR) is 77.3 cm³/mol. The second-order valence-electron chi connectivity index (χ2n) is 5.66. The number of hydrogen-bond acceptors (Lipinski definition) is 1. The molecule has 0 bridgehead atoms. The number of nitrogens with one attached hydrogen (secondary N) is 1. The molecule has 0 aliphatic carbocycles. The zero-order valence-electron chi connectivity index (χ0n) is 11.0. The average Bonchev–Trinajstić information content (AvgIpc) is 2.33. The van der Waals surface area contributed by atoms with Gasteiger partial charge in [0, 0.05) is 0 Å². The van der Waals surface area contributed by atoms with E-state index in [0.717, 1.165) is 25.1 Å². The van der Waals surface area contributed by atoms with E-state index >= 15 is 0 Å². The van der Waals surface area contributed by atoms with Crippen molar-refractivity contribution in [2.75, 3.05) is 13.1 Å². The minimum absolute atomic E-state index is 0.144. The molecule has 2 unspecified atom stereocenters. The van der Waals surface area contributed by atoms with Crippen molar-refractivity contribution in [2.24, 2.45) is 11.8 Å². The zero-order valence-corrected chi connectivity index (χ0v) is 12.6. The highest BCUT2D eigenvalue weighted by Crippen LogP contribution is 2.35. The molecule has 1 N–H and O–H groups in total. The molecule has 2 rings (SSSR count). The summed E-state index contributed by atoms with van der Waals surface area (Å²) < 4.78 is 14.2. The zero-order chi connectivity index (χ0) is 13.1. The van der Waals surface area contributed by atoms with E-state index in [4.69, 9.17) is 0 Å². The van der Waals surface area contributed by atoms with Crippen LogP contribution in [0.3, 0.4) is 0 Å². The van der Waals surface area contributed by atoms with Gasteiger partial charge in [-0.1, -0.05) is 19.9 Å². The van der Waals surface area contributed by atoms with Crippen molar-refractivity contribution in [3.8, 4) is 0 Å². The van der Waals surface area contributed by atoms with Gasteiger partial charge >= 0.3 is 0 Å². The van der Waals surface area contributed by atoms with Crippen molar-refractivity contribution in [3.05, 3.63) is 34.1 Å². The van der Waals surface area contributed by atoms with Gasteiger partial charge < -0.3 is 5.32 Å². The normalized spacial score (nSPS) is 24.5. The van der Waals surface area contributed by atoms with Crippen LogP contribution in [-0.2, 0) is 0 Å². The van der Waals surface area contributed by atoms with E-state index in [-0.39, 0.29) is 5.82 Å². The molecule has 2 atom stereocenters. The Morgan fingerprint density at radius 2 is 2.22 bits per heavy atom. The summed E-state index contributed by atoms with van der Waals surface area (Å²) in [6.45, 7) is 6.61. The van der Waals surface area contributed by atoms with Gasteiger partial charge in [-0.3, -0.25) is 0 Å². The molecule has 18 heavy (non-hydrogen) atoms. The molecule has 1 aromatic carbocycles. The molecule has 1 aromatic rings. The van der Waals surface area contributed by atoms with Crippen molar-refractivity contribution < 1.29 is 4.39 Å². The smallest absolute Gasteiger partial charge is 0.137 e. The van der Waals surface area contributed by atoms with Gasteiger partial charge in [-0.25, -0.2) is 4.39 Å². The summed E-state index contributed by atoms with van der Waals surface area (Å²) in [5.74, 6) is 1.67. The van der Waals surface area contributed by atoms with Crippen molar-refractivity contribution in [1.29, 1.82) is 0 Å². The minimum atomic E-state index is -0.144. The van der Waals surface area contributed by atoms with Crippen LogP contribution < -0.4 is 5.32 Å². The highest BCUT2D eigenvalue weighted by molar-refractivity contribution is 9.10. The van der Waals surface area contributed by atoms with Crippen LogP contribution in [0.15, 0.2) is 22.7 Å². The van der Waals surface area contributed by atoms with E-state index < -0.39 is 0 Å². The summed E-state index contributed by atoms with van der Waals surface area (Å²) in [6.07, 6.45) is 2.31. The van der Waals surface area contributed by atoms with E-state index in [1.54, 1.807) is 6.07 Å². The fourth-order valence-corrected chi connectivity index (χ4v) is 3.20. The lowest BCUT2D eigenvalue weighted by atomic mass is 9.77. The lowest BCUT2D eigenvalue weighted by Crippen LogP contribution is -2.36. The molecule has 1 fully saturated rings. The van der Waals surface area contributed by atoms with Crippen molar-refractivity contribution in [3.63, 3.8) is 0 Å². The lowest BCUT2D eigenvalue weighted by molar-refractivity contribution is 0.280. The van der Waals surface area contributed by atoms with Crippen LogP contribution in [0.4, 0.5) is 4.39 Å². The maximum absolute atomic E-state index is 13.7. The summed E-state index contributed by atoms with van der Waals surface area (Å²) >= 11 is 3.22. The topological polar surface area (TPSA) is 12.0 Å². The molecular formula is C15H21BrFN. The number of halogens is 2. The monoisotopic (exact) mass is 313 g/mol. The molecular weight excluding hydrogens is 293 g/mol. The average molecular weight is 314 g/mol. The van der Waals surface area contributed by atoms with Gasteiger partial charge in [-0.05, 0) is 77.3 Å². The summed E-state index contributed by atoms with van der Waals surface area (Å²) in [5.41, 5.74) is 1.16. The van der Waals surface area contributed by atoms with Gasteiger partial charge in [0.1, 0.15) is 5.82 Å². The van der Waals surface area contributed by atoms with Crippen LogP contribution in [0.25, 0.3) is 0 Å². The quantitative estimate of drug-likeness (QED) is 0.876. The molecule has 0 radical (unpaired) electrons. The first kappa shape index (κ1) is 14.0. The molecule has 0 saturated carbocycles. The molecule has 1 nitrogen and oxygen atoms in total. The van der Waals surface area contributed by atoms with Crippen LogP contribution in [0.5, 0.6) is 0 Å². The summed E-state index contributed by atoms with van der Waals surface area (Å²) in [4.78, 5) is 0. The molecule has 1 aliphatic rings. The molecule has 0 spiro atoms. The van der Waals surface area contributed by atoms with E-state index in [9.17, 15) is 4.39 Å². The Hall–Kier alpha value is -0.410. The van der Waals surface area contributed by atoms with Gasteiger partial charge in [-0.2, -0.15) is 0 Å². The Balaban J connectivity index is 2.19. The third-order valence-electron chi connectivity index (χ3n) is 3.75. The Labute approximate surface area is 117 Å². The van der Waals surface area contributed by atoms with E-state index in [0.29, 0.717) is 22.2 Å². The Morgan fingerprint density at radius 1 is 1.44 bits per heavy atom. The van der Waals surface area contributed by atoms with Crippen LogP contribution in [0, 0.1) is 17.7 Å². The summed E-state index contributed by atoms with van der Waals surface area (Å²) in [7, 11) is 0. The van der Waals surface area contributed by atoms with Gasteiger partial charge in [0.25, 0.3) is 0 Å². The number of rotatable bonds is 3.